The molecule has 1 heterocycles. The van der Waals surface area contributed by atoms with Gasteiger partial charge in [-0.3, -0.25) is 9.69 Å². The van der Waals surface area contributed by atoms with Gasteiger partial charge in [0.05, 0.1) is 18.7 Å². The Balaban J connectivity index is 1.41. The molecule has 3 rings (SSSR count). The summed E-state index contributed by atoms with van der Waals surface area (Å²) < 4.78 is 5.20. The molecule has 0 spiro atoms. The lowest BCUT2D eigenvalue weighted by atomic mass is 10.1. The van der Waals surface area contributed by atoms with E-state index < -0.39 is 0 Å². The number of rotatable bonds is 6. The van der Waals surface area contributed by atoms with Crippen LogP contribution in [0.25, 0.3) is 0 Å². The van der Waals surface area contributed by atoms with Gasteiger partial charge in [-0.2, -0.15) is 5.26 Å². The smallest absolute Gasteiger partial charge is 0.251 e. The molecule has 1 saturated heterocycles. The summed E-state index contributed by atoms with van der Waals surface area (Å²) in [6.07, 6.45) is 0. The first-order chi connectivity index (χ1) is 13.2. The maximum atomic E-state index is 12.2. The van der Waals surface area contributed by atoms with Crippen LogP contribution in [0.4, 0.5) is 5.69 Å². The van der Waals surface area contributed by atoms with Crippen LogP contribution < -0.4 is 15.0 Å². The molecule has 0 aliphatic carbocycles. The Morgan fingerprint density at radius 1 is 1.15 bits per heavy atom. The minimum atomic E-state index is -0.135. The van der Waals surface area contributed by atoms with Gasteiger partial charge in [-0.15, -0.1) is 0 Å². The first kappa shape index (κ1) is 18.7. The van der Waals surface area contributed by atoms with Crippen LogP contribution in [0, 0.1) is 11.3 Å². The number of benzene rings is 2. The van der Waals surface area contributed by atoms with Crippen molar-refractivity contribution in [3.63, 3.8) is 0 Å². The van der Waals surface area contributed by atoms with E-state index in [9.17, 15) is 4.79 Å². The van der Waals surface area contributed by atoms with E-state index in [1.54, 1.807) is 31.4 Å². The average Bonchev–Trinajstić information content (AvgIpc) is 2.74. The molecule has 6 nitrogen and oxygen atoms in total. The second kappa shape index (κ2) is 9.06. The van der Waals surface area contributed by atoms with Crippen molar-refractivity contribution in [2.45, 2.75) is 0 Å². The zero-order valence-electron chi connectivity index (χ0n) is 15.5. The number of hydrogen-bond donors (Lipinski definition) is 1. The van der Waals surface area contributed by atoms with E-state index in [1.165, 1.54) is 5.69 Å². The summed E-state index contributed by atoms with van der Waals surface area (Å²) in [5.74, 6) is 0.734. The van der Waals surface area contributed by atoms with E-state index in [-0.39, 0.29) is 5.91 Å². The monoisotopic (exact) mass is 364 g/mol. The predicted octanol–water partition coefficient (Wildman–Crippen LogP) is 2.12. The molecule has 1 amide bonds. The van der Waals surface area contributed by atoms with Gasteiger partial charge in [-0.25, -0.2) is 0 Å². The Kier molecular flexibility index (Phi) is 6.29. The van der Waals surface area contributed by atoms with E-state index in [0.29, 0.717) is 17.7 Å². The number of carbonyl (C=O) groups is 1. The highest BCUT2D eigenvalue weighted by Crippen LogP contribution is 2.20. The van der Waals surface area contributed by atoms with Gasteiger partial charge < -0.3 is 15.0 Å². The van der Waals surface area contributed by atoms with E-state index in [4.69, 9.17) is 10.00 Å². The Hall–Kier alpha value is -3.04. The van der Waals surface area contributed by atoms with Crippen molar-refractivity contribution in [2.24, 2.45) is 0 Å². The van der Waals surface area contributed by atoms with E-state index in [0.717, 1.165) is 38.5 Å². The number of piperazine rings is 1. The van der Waals surface area contributed by atoms with Crippen molar-refractivity contribution in [1.29, 1.82) is 5.26 Å². The van der Waals surface area contributed by atoms with E-state index in [2.05, 4.69) is 33.3 Å². The fourth-order valence-corrected chi connectivity index (χ4v) is 3.18. The Bertz CT molecular complexity index is 806. The maximum Gasteiger partial charge on any atom is 0.251 e. The molecular formula is C21H24N4O2. The van der Waals surface area contributed by atoms with Gasteiger partial charge in [0.15, 0.2) is 0 Å². The fourth-order valence-electron chi connectivity index (χ4n) is 3.18. The molecule has 1 N–H and O–H groups in total. The van der Waals surface area contributed by atoms with Crippen LogP contribution in [0.15, 0.2) is 48.5 Å². The molecule has 1 fully saturated rings. The first-order valence-corrected chi connectivity index (χ1v) is 9.09. The van der Waals surface area contributed by atoms with Crippen LogP contribution >= 0.6 is 0 Å². The Morgan fingerprint density at radius 2 is 1.89 bits per heavy atom. The zero-order chi connectivity index (χ0) is 19.1. The number of ether oxygens (including phenoxy) is 1. The van der Waals surface area contributed by atoms with Crippen molar-refractivity contribution in [2.75, 3.05) is 51.3 Å². The molecule has 6 heteroatoms. The summed E-state index contributed by atoms with van der Waals surface area (Å²) in [6.45, 7) is 5.27. The Morgan fingerprint density at radius 3 is 2.56 bits per heavy atom. The number of hydrogen-bond acceptors (Lipinski definition) is 5. The number of carbonyl (C=O) groups excluding carboxylic acids is 1. The van der Waals surface area contributed by atoms with Gasteiger partial charge in [0.1, 0.15) is 5.75 Å². The van der Waals surface area contributed by atoms with Crippen LogP contribution in [0.3, 0.4) is 0 Å². The summed E-state index contributed by atoms with van der Waals surface area (Å²) in [4.78, 5) is 16.9. The van der Waals surface area contributed by atoms with Crippen LogP contribution in [-0.2, 0) is 0 Å². The van der Waals surface area contributed by atoms with Crippen LogP contribution in [0.2, 0.25) is 0 Å². The minimum Gasteiger partial charge on any atom is -0.497 e. The molecule has 0 aromatic heterocycles. The first-order valence-electron chi connectivity index (χ1n) is 9.09. The number of nitriles is 1. The van der Waals surface area contributed by atoms with Crippen molar-refractivity contribution in [1.82, 2.24) is 10.2 Å². The lowest BCUT2D eigenvalue weighted by Gasteiger charge is -2.36. The Labute approximate surface area is 160 Å². The number of anilines is 1. The normalized spacial score (nSPS) is 14.4. The molecule has 0 saturated carbocycles. The third-order valence-corrected chi connectivity index (χ3v) is 4.78. The second-order valence-corrected chi connectivity index (χ2v) is 6.48. The van der Waals surface area contributed by atoms with Crippen LogP contribution in [0.1, 0.15) is 15.9 Å². The summed E-state index contributed by atoms with van der Waals surface area (Å²) in [5, 5.41) is 11.9. The molecule has 140 valence electrons. The lowest BCUT2D eigenvalue weighted by molar-refractivity contribution is 0.0947. The second-order valence-electron chi connectivity index (χ2n) is 6.48. The van der Waals surface area contributed by atoms with E-state index >= 15 is 0 Å². The molecule has 0 radical (unpaired) electrons. The van der Waals surface area contributed by atoms with Crippen LogP contribution in [-0.4, -0.2) is 57.2 Å². The molecule has 0 unspecified atom stereocenters. The standard InChI is InChI=1S/C21H24N4O2/c1-27-20-7-5-19(6-8-20)25-13-11-24(12-14-25)10-9-23-21(26)18-4-2-3-17(15-18)16-22/h2-8,15H,9-14H2,1H3,(H,23,26). The van der Waals surface area contributed by atoms with Crippen molar-refractivity contribution >= 4 is 11.6 Å². The molecule has 27 heavy (non-hydrogen) atoms. The SMILES string of the molecule is COc1ccc(N2CCN(CCNC(=O)c3cccc(C#N)c3)CC2)cc1. The van der Waals surface area contributed by atoms with Gasteiger partial charge in [0.2, 0.25) is 0 Å². The summed E-state index contributed by atoms with van der Waals surface area (Å²) in [7, 11) is 1.67. The fraction of sp³-hybridized carbons (Fsp3) is 0.333. The maximum absolute atomic E-state index is 12.2. The highest BCUT2D eigenvalue weighted by Gasteiger charge is 2.17. The highest BCUT2D eigenvalue weighted by molar-refractivity contribution is 5.94. The zero-order valence-corrected chi connectivity index (χ0v) is 15.5. The number of methoxy groups -OCH3 is 1. The third-order valence-electron chi connectivity index (χ3n) is 4.78. The van der Waals surface area contributed by atoms with Gasteiger partial charge in [-0.05, 0) is 42.5 Å². The van der Waals surface area contributed by atoms with Crippen LogP contribution in [0.5, 0.6) is 5.75 Å². The summed E-state index contributed by atoms with van der Waals surface area (Å²) in [5.41, 5.74) is 2.23. The van der Waals surface area contributed by atoms with E-state index in [1.807, 2.05) is 12.1 Å². The number of nitrogens with zero attached hydrogens (tertiary/aromatic N) is 3. The minimum absolute atomic E-state index is 0.135. The highest BCUT2D eigenvalue weighted by atomic mass is 16.5. The summed E-state index contributed by atoms with van der Waals surface area (Å²) >= 11 is 0. The average molecular weight is 364 g/mol. The summed E-state index contributed by atoms with van der Waals surface area (Å²) in [6, 6.07) is 17.0. The van der Waals surface area contributed by atoms with Crippen molar-refractivity contribution in [3.8, 4) is 11.8 Å². The van der Waals surface area contributed by atoms with Gasteiger partial charge in [0, 0.05) is 50.5 Å². The number of amides is 1. The van der Waals surface area contributed by atoms with Gasteiger partial charge in [0.25, 0.3) is 5.91 Å². The number of nitrogens with one attached hydrogen (secondary N) is 1. The molecule has 0 atom stereocenters. The quantitative estimate of drug-likeness (QED) is 0.850. The molecule has 1 aliphatic heterocycles. The molecule has 2 aromatic carbocycles. The molecule has 2 aromatic rings. The third kappa shape index (κ3) is 4.99. The van der Waals surface area contributed by atoms with Crippen molar-refractivity contribution in [3.05, 3.63) is 59.7 Å². The molecule has 1 aliphatic rings. The molecule has 0 bridgehead atoms. The van der Waals surface area contributed by atoms with Gasteiger partial charge in [-0.1, -0.05) is 6.07 Å². The lowest BCUT2D eigenvalue weighted by Crippen LogP contribution is -2.48. The van der Waals surface area contributed by atoms with Gasteiger partial charge >= 0.3 is 0 Å². The predicted molar refractivity (Wildman–Crippen MR) is 105 cm³/mol. The largest absolute Gasteiger partial charge is 0.497 e. The van der Waals surface area contributed by atoms with Crippen molar-refractivity contribution < 1.29 is 9.53 Å². The molecular weight excluding hydrogens is 340 g/mol. The topological polar surface area (TPSA) is 68.6 Å².